The maximum atomic E-state index is 10.9. The zero-order chi connectivity index (χ0) is 9.42. The number of nitrogens with one attached hydrogen (secondary N) is 1. The molecule has 2 unspecified atom stereocenters. The summed E-state index contributed by atoms with van der Waals surface area (Å²) in [5.41, 5.74) is 6.61. The number of aliphatic hydroxyl groups is 1. The molecule has 1 aliphatic rings. The first-order valence-corrected chi connectivity index (χ1v) is 4.03. The molecule has 2 atom stereocenters. The number of hydrogen-bond donors (Lipinski definition) is 3. The number of anilines is 1. The van der Waals surface area contributed by atoms with Gasteiger partial charge in [-0.3, -0.25) is 4.79 Å². The molecule has 68 valence electrons. The van der Waals surface area contributed by atoms with Crippen LogP contribution in [0.2, 0.25) is 0 Å². The van der Waals surface area contributed by atoms with Crippen LogP contribution in [0, 0.1) is 0 Å². The van der Waals surface area contributed by atoms with Gasteiger partial charge in [-0.25, -0.2) is 0 Å². The summed E-state index contributed by atoms with van der Waals surface area (Å²) in [5, 5.41) is 12.5. The molecule has 0 saturated carbocycles. The summed E-state index contributed by atoms with van der Waals surface area (Å²) in [6.45, 7) is 0. The second-order valence-corrected chi connectivity index (χ2v) is 3.06. The first-order chi connectivity index (χ1) is 6.20. The summed E-state index contributed by atoms with van der Waals surface area (Å²) in [6, 6.07) is 6.53. The molecule has 0 aliphatic carbocycles. The smallest absolute Gasteiger partial charge is 0.242 e. The molecule has 13 heavy (non-hydrogen) atoms. The van der Waals surface area contributed by atoms with E-state index >= 15 is 0 Å². The lowest BCUT2D eigenvalue weighted by atomic mass is 10.1. The number of benzene rings is 1. The van der Waals surface area contributed by atoms with Crippen molar-refractivity contribution < 1.29 is 9.90 Å². The number of carbonyl (C=O) groups excluding carboxylic acids is 1. The van der Waals surface area contributed by atoms with Gasteiger partial charge in [0.25, 0.3) is 0 Å². The highest BCUT2D eigenvalue weighted by molar-refractivity contribution is 5.86. The predicted octanol–water partition coefficient (Wildman–Crippen LogP) is -0.000600. The zero-order valence-electron chi connectivity index (χ0n) is 6.90. The topological polar surface area (TPSA) is 75.4 Å². The van der Waals surface area contributed by atoms with Crippen molar-refractivity contribution in [2.75, 3.05) is 5.32 Å². The molecule has 0 radical (unpaired) electrons. The molecule has 1 aromatic carbocycles. The fraction of sp³-hybridized carbons (Fsp3) is 0.222. The van der Waals surface area contributed by atoms with E-state index in [0.717, 1.165) is 11.3 Å². The Kier molecular flexibility index (Phi) is 1.70. The molecule has 0 spiro atoms. The minimum Gasteiger partial charge on any atom is -0.386 e. The summed E-state index contributed by atoms with van der Waals surface area (Å²) in [6.07, 6.45) is -0.825. The third kappa shape index (κ3) is 1.15. The number of hydrogen-bond acceptors (Lipinski definition) is 3. The number of nitrogens with two attached hydrogens (primary N) is 1. The first-order valence-electron chi connectivity index (χ1n) is 4.03. The molecule has 0 bridgehead atoms. The van der Waals surface area contributed by atoms with Crippen molar-refractivity contribution in [3.63, 3.8) is 0 Å². The first kappa shape index (κ1) is 8.07. The number of carbonyl (C=O) groups is 1. The van der Waals surface area contributed by atoms with E-state index in [1.165, 1.54) is 0 Å². The lowest BCUT2D eigenvalue weighted by Gasteiger charge is -2.10. The van der Waals surface area contributed by atoms with Crippen LogP contribution < -0.4 is 11.1 Å². The zero-order valence-corrected chi connectivity index (χ0v) is 6.90. The highest BCUT2D eigenvalue weighted by Gasteiger charge is 2.33. The molecule has 0 saturated heterocycles. The lowest BCUT2D eigenvalue weighted by molar-refractivity contribution is -0.120. The van der Waals surface area contributed by atoms with E-state index in [9.17, 15) is 9.90 Å². The number of aliphatic hydroxyl groups excluding tert-OH is 1. The Labute approximate surface area is 75.4 Å². The third-order valence-electron chi connectivity index (χ3n) is 2.21. The molecule has 2 rings (SSSR count). The van der Waals surface area contributed by atoms with Crippen LogP contribution in [0.1, 0.15) is 11.7 Å². The molecule has 4 N–H and O–H groups in total. The van der Waals surface area contributed by atoms with Gasteiger partial charge in [-0.1, -0.05) is 18.2 Å². The van der Waals surface area contributed by atoms with E-state index in [1.54, 1.807) is 6.07 Å². The molecule has 4 heteroatoms. The van der Waals surface area contributed by atoms with Crippen LogP contribution >= 0.6 is 0 Å². The van der Waals surface area contributed by atoms with Crippen molar-refractivity contribution in [1.82, 2.24) is 0 Å². The van der Waals surface area contributed by atoms with Crippen LogP contribution in [0.25, 0.3) is 0 Å². The van der Waals surface area contributed by atoms with E-state index in [-0.39, 0.29) is 0 Å². The Balaban J connectivity index is 2.38. The van der Waals surface area contributed by atoms with Crippen molar-refractivity contribution >= 4 is 11.6 Å². The van der Waals surface area contributed by atoms with E-state index < -0.39 is 18.1 Å². The van der Waals surface area contributed by atoms with Crippen LogP contribution in [0.3, 0.4) is 0 Å². The van der Waals surface area contributed by atoms with E-state index in [2.05, 4.69) is 5.32 Å². The molecule has 1 aromatic rings. The van der Waals surface area contributed by atoms with E-state index in [0.29, 0.717) is 0 Å². The van der Waals surface area contributed by atoms with Gasteiger partial charge in [-0.2, -0.15) is 0 Å². The third-order valence-corrected chi connectivity index (χ3v) is 2.21. The van der Waals surface area contributed by atoms with Gasteiger partial charge in [0, 0.05) is 11.3 Å². The average molecular weight is 178 g/mol. The van der Waals surface area contributed by atoms with Crippen LogP contribution in [0.4, 0.5) is 5.69 Å². The number of fused-ring (bicyclic) bond motifs is 1. The van der Waals surface area contributed by atoms with Crippen molar-refractivity contribution in [3.8, 4) is 0 Å². The Hall–Kier alpha value is -1.55. The lowest BCUT2D eigenvalue weighted by Crippen LogP contribution is -2.36. The normalized spacial score (nSPS) is 25.0. The van der Waals surface area contributed by atoms with Crippen molar-refractivity contribution in [1.29, 1.82) is 0 Å². The Bertz CT molecular complexity index is 351. The van der Waals surface area contributed by atoms with Gasteiger partial charge < -0.3 is 16.2 Å². The summed E-state index contributed by atoms with van der Waals surface area (Å²) in [4.78, 5) is 10.9. The maximum absolute atomic E-state index is 10.9. The highest BCUT2D eigenvalue weighted by Crippen LogP contribution is 2.33. The SMILES string of the molecule is NC(=O)C1Nc2ccccc2C1O. The summed E-state index contributed by atoms with van der Waals surface area (Å²) < 4.78 is 0. The van der Waals surface area contributed by atoms with Crippen LogP contribution in [-0.2, 0) is 4.79 Å². The number of rotatable bonds is 1. The second-order valence-electron chi connectivity index (χ2n) is 3.06. The van der Waals surface area contributed by atoms with Gasteiger partial charge in [-0.05, 0) is 6.07 Å². The fourth-order valence-electron chi connectivity index (χ4n) is 1.54. The average Bonchev–Trinajstić information content (AvgIpc) is 2.45. The molecule has 1 heterocycles. The minimum atomic E-state index is -0.825. The Morgan fingerprint density at radius 2 is 2.15 bits per heavy atom. The fourth-order valence-corrected chi connectivity index (χ4v) is 1.54. The quantitative estimate of drug-likeness (QED) is 0.566. The molecule has 0 aromatic heterocycles. The summed E-state index contributed by atoms with van der Waals surface area (Å²) in [5.74, 6) is -0.538. The minimum absolute atomic E-state index is 0.538. The Morgan fingerprint density at radius 3 is 2.77 bits per heavy atom. The molecule has 1 amide bonds. The van der Waals surface area contributed by atoms with Gasteiger partial charge in [0.2, 0.25) is 5.91 Å². The predicted molar refractivity (Wildman–Crippen MR) is 48.0 cm³/mol. The van der Waals surface area contributed by atoms with Crippen LogP contribution in [-0.4, -0.2) is 17.1 Å². The molecular weight excluding hydrogens is 168 g/mol. The largest absolute Gasteiger partial charge is 0.386 e. The molecule has 4 nitrogen and oxygen atoms in total. The number of para-hydroxylation sites is 1. The highest BCUT2D eigenvalue weighted by atomic mass is 16.3. The summed E-state index contributed by atoms with van der Waals surface area (Å²) in [7, 11) is 0. The molecule has 0 fully saturated rings. The molecule has 1 aliphatic heterocycles. The molecular formula is C9H10N2O2. The van der Waals surface area contributed by atoms with Gasteiger partial charge in [0.1, 0.15) is 12.1 Å². The van der Waals surface area contributed by atoms with Crippen molar-refractivity contribution in [3.05, 3.63) is 29.8 Å². The van der Waals surface area contributed by atoms with E-state index in [4.69, 9.17) is 5.73 Å². The van der Waals surface area contributed by atoms with Crippen molar-refractivity contribution in [2.45, 2.75) is 12.1 Å². The van der Waals surface area contributed by atoms with Gasteiger partial charge in [-0.15, -0.1) is 0 Å². The van der Waals surface area contributed by atoms with Gasteiger partial charge in [0.05, 0.1) is 0 Å². The standard InChI is InChI=1S/C9H10N2O2/c10-9(13)7-8(12)5-3-1-2-4-6(5)11-7/h1-4,7-8,11-12H,(H2,10,13). The van der Waals surface area contributed by atoms with Gasteiger partial charge >= 0.3 is 0 Å². The number of primary amides is 1. The second kappa shape index (κ2) is 2.74. The van der Waals surface area contributed by atoms with E-state index in [1.807, 2.05) is 18.2 Å². The maximum Gasteiger partial charge on any atom is 0.242 e. The monoisotopic (exact) mass is 178 g/mol. The van der Waals surface area contributed by atoms with Crippen molar-refractivity contribution in [2.24, 2.45) is 5.73 Å². The number of amides is 1. The Morgan fingerprint density at radius 1 is 1.46 bits per heavy atom. The summed E-state index contributed by atoms with van der Waals surface area (Å²) >= 11 is 0. The van der Waals surface area contributed by atoms with Gasteiger partial charge in [0.15, 0.2) is 0 Å². The van der Waals surface area contributed by atoms with Crippen LogP contribution in [0.5, 0.6) is 0 Å². The van der Waals surface area contributed by atoms with Crippen LogP contribution in [0.15, 0.2) is 24.3 Å².